The lowest BCUT2D eigenvalue weighted by Crippen LogP contribution is -2.49. The maximum Gasteiger partial charge on any atom is 0.362 e. The van der Waals surface area contributed by atoms with Crippen LogP contribution in [0, 0.1) is 22.7 Å². The molecule has 3 aliphatic rings. The number of rotatable bonds is 14. The van der Waals surface area contributed by atoms with Gasteiger partial charge >= 0.3 is 16.3 Å². The number of hydrogen-bond donors (Lipinski definition) is 1. The van der Waals surface area contributed by atoms with Gasteiger partial charge in [-0.05, 0) is 87.9 Å². The number of benzene rings is 2. The monoisotopic (exact) mass is 742 g/mol. The molecule has 1 N–H and O–H groups in total. The van der Waals surface area contributed by atoms with E-state index in [1.807, 2.05) is 64.1 Å². The van der Waals surface area contributed by atoms with Gasteiger partial charge in [0.1, 0.15) is 23.2 Å². The van der Waals surface area contributed by atoms with Gasteiger partial charge in [0.15, 0.2) is 5.78 Å². The minimum absolute atomic E-state index is 0.0693. The predicted octanol–water partition coefficient (Wildman–Crippen LogP) is 5.90. The SMILES string of the molecule is CC[C@@H]1C[C@]1(CC(=O)[C@@H]1C[C@@H](Oc2cccc3cc(OC)ccc23)CN1C(=O)[C@@H](CC(=O)OC(C)(C)C)C(C)(C)C)C(=O)NS(=O)(=O)OC1(C)CC1. The number of nitrogens with zero attached hydrogens (tertiary/aromatic N) is 1. The zero-order valence-electron chi connectivity index (χ0n) is 31.9. The molecule has 12 nitrogen and oxygen atoms in total. The second-order valence-electron chi connectivity index (χ2n) is 17.1. The van der Waals surface area contributed by atoms with Crippen LogP contribution in [0.3, 0.4) is 0 Å². The van der Waals surface area contributed by atoms with Crippen molar-refractivity contribution in [3.05, 3.63) is 36.4 Å². The number of methoxy groups -OCH3 is 1. The number of amides is 2. The molecule has 5 atom stereocenters. The van der Waals surface area contributed by atoms with Crippen LogP contribution in [-0.4, -0.2) is 73.9 Å². The van der Waals surface area contributed by atoms with Crippen LogP contribution >= 0.6 is 0 Å². The third-order valence-electron chi connectivity index (χ3n) is 10.5. The first-order valence-electron chi connectivity index (χ1n) is 18.1. The van der Waals surface area contributed by atoms with Gasteiger partial charge in [-0.1, -0.05) is 46.2 Å². The van der Waals surface area contributed by atoms with Crippen molar-refractivity contribution >= 4 is 44.6 Å². The molecule has 2 aliphatic carbocycles. The summed E-state index contributed by atoms with van der Waals surface area (Å²) in [5, 5.41) is 1.72. The first-order valence-corrected chi connectivity index (χ1v) is 19.6. The molecule has 1 aliphatic heterocycles. The summed E-state index contributed by atoms with van der Waals surface area (Å²) < 4.78 is 50.4. The second kappa shape index (κ2) is 14.3. The summed E-state index contributed by atoms with van der Waals surface area (Å²) in [6.07, 6.45) is 1.13. The van der Waals surface area contributed by atoms with Crippen molar-refractivity contribution in [2.75, 3.05) is 13.7 Å². The van der Waals surface area contributed by atoms with Gasteiger partial charge in [0.05, 0.1) is 43.1 Å². The molecule has 2 aromatic carbocycles. The Labute approximate surface area is 307 Å². The normalized spacial score (nSPS) is 24.6. The molecule has 0 bridgehead atoms. The Hall–Kier alpha value is -3.71. The first-order chi connectivity index (χ1) is 24.1. The summed E-state index contributed by atoms with van der Waals surface area (Å²) in [5.41, 5.74) is -3.51. The number of likely N-dealkylation sites (tertiary alicyclic amines) is 1. The average molecular weight is 743 g/mol. The van der Waals surface area contributed by atoms with E-state index in [0.29, 0.717) is 37.2 Å². The highest BCUT2D eigenvalue weighted by molar-refractivity contribution is 7.85. The fraction of sp³-hybridized carbons (Fsp3) is 0.641. The van der Waals surface area contributed by atoms with Crippen molar-refractivity contribution in [1.29, 1.82) is 0 Å². The topological polar surface area (TPSA) is 155 Å². The molecule has 2 saturated carbocycles. The fourth-order valence-electron chi connectivity index (χ4n) is 7.27. The molecule has 0 unspecified atom stereocenters. The quantitative estimate of drug-likeness (QED) is 0.232. The second-order valence-corrected chi connectivity index (χ2v) is 18.3. The van der Waals surface area contributed by atoms with Gasteiger partial charge in [-0.25, -0.2) is 8.91 Å². The van der Waals surface area contributed by atoms with Crippen molar-refractivity contribution in [2.45, 2.75) is 124 Å². The molecule has 0 spiro atoms. The third-order valence-corrected chi connectivity index (χ3v) is 11.6. The van der Waals surface area contributed by atoms with Gasteiger partial charge in [-0.3, -0.25) is 19.2 Å². The number of carbonyl (C=O) groups is 4. The first kappa shape index (κ1) is 39.5. The zero-order chi connectivity index (χ0) is 38.4. The number of nitrogens with one attached hydrogen (secondary N) is 1. The number of carbonyl (C=O) groups excluding carboxylic acids is 4. The summed E-state index contributed by atoms with van der Waals surface area (Å²) >= 11 is 0. The number of ether oxygens (including phenoxy) is 3. The summed E-state index contributed by atoms with van der Waals surface area (Å²) in [6.45, 7) is 14.5. The number of fused-ring (bicyclic) bond motifs is 1. The summed E-state index contributed by atoms with van der Waals surface area (Å²) in [7, 11) is -2.80. The van der Waals surface area contributed by atoms with E-state index in [4.69, 9.17) is 18.4 Å². The van der Waals surface area contributed by atoms with E-state index < -0.39 is 62.3 Å². The van der Waals surface area contributed by atoms with Crippen LogP contribution in [-0.2, 0) is 38.4 Å². The molecule has 13 heteroatoms. The molecule has 52 heavy (non-hydrogen) atoms. The maximum absolute atomic E-state index is 14.6. The fourth-order valence-corrected chi connectivity index (χ4v) is 8.43. The Bertz CT molecular complexity index is 1820. The van der Waals surface area contributed by atoms with E-state index >= 15 is 0 Å². The van der Waals surface area contributed by atoms with E-state index in [2.05, 4.69) is 4.72 Å². The molecule has 0 aromatic heterocycles. The highest BCUT2D eigenvalue weighted by atomic mass is 32.2. The lowest BCUT2D eigenvalue weighted by atomic mass is 9.77. The Balaban J connectivity index is 1.43. The molecule has 3 fully saturated rings. The standard InChI is InChI=1S/C39H54N2O10S/c1-10-25-21-39(25,35(45)40-52(46,47)51-38(8)16-17-38)22-31(42)30-19-27(49-32-13-11-12-24-18-26(48-9)14-15-28(24)32)23-41(30)34(44)29(36(2,3)4)20-33(43)50-37(5,6)7/h11-15,18,25,27,29-30H,10,16-17,19-23H2,1-9H3,(H,40,45)/t25-,27-,29-,30+,39-/m1/s1. The van der Waals surface area contributed by atoms with Crippen molar-refractivity contribution in [1.82, 2.24) is 9.62 Å². The zero-order valence-corrected chi connectivity index (χ0v) is 32.7. The van der Waals surface area contributed by atoms with Gasteiger partial charge in [0.2, 0.25) is 11.8 Å². The van der Waals surface area contributed by atoms with Crippen LogP contribution in [0.2, 0.25) is 0 Å². The van der Waals surface area contributed by atoms with Gasteiger partial charge in [-0.15, -0.1) is 0 Å². The Morgan fingerprint density at radius 1 is 1.04 bits per heavy atom. The molecular formula is C39H54N2O10S. The van der Waals surface area contributed by atoms with Crippen LogP contribution in [0.5, 0.6) is 11.5 Å². The van der Waals surface area contributed by atoms with E-state index in [0.717, 1.165) is 10.8 Å². The van der Waals surface area contributed by atoms with Crippen molar-refractivity contribution in [3.8, 4) is 11.5 Å². The molecular weight excluding hydrogens is 689 g/mol. The van der Waals surface area contributed by atoms with Crippen LogP contribution in [0.1, 0.15) is 100 Å². The predicted molar refractivity (Wildman–Crippen MR) is 195 cm³/mol. The van der Waals surface area contributed by atoms with Crippen LogP contribution < -0.4 is 14.2 Å². The molecule has 286 valence electrons. The van der Waals surface area contributed by atoms with Crippen molar-refractivity contribution in [2.24, 2.45) is 22.7 Å². The lowest BCUT2D eigenvalue weighted by molar-refractivity contribution is -0.161. The molecule has 0 radical (unpaired) electrons. The van der Waals surface area contributed by atoms with Crippen molar-refractivity contribution in [3.63, 3.8) is 0 Å². The maximum atomic E-state index is 14.6. The van der Waals surface area contributed by atoms with Crippen LogP contribution in [0.25, 0.3) is 10.8 Å². The lowest BCUT2D eigenvalue weighted by Gasteiger charge is -2.35. The number of esters is 1. The highest BCUT2D eigenvalue weighted by Gasteiger charge is 2.62. The molecule has 1 heterocycles. The molecule has 2 aromatic rings. The van der Waals surface area contributed by atoms with E-state index in [1.54, 1.807) is 34.8 Å². The van der Waals surface area contributed by atoms with Crippen LogP contribution in [0.15, 0.2) is 36.4 Å². The number of hydrogen-bond acceptors (Lipinski definition) is 10. The summed E-state index contributed by atoms with van der Waals surface area (Å²) in [5.74, 6) is -1.84. The van der Waals surface area contributed by atoms with E-state index in [9.17, 15) is 27.6 Å². The summed E-state index contributed by atoms with van der Waals surface area (Å²) in [6, 6.07) is 10.3. The van der Waals surface area contributed by atoms with Crippen LogP contribution in [0.4, 0.5) is 0 Å². The summed E-state index contributed by atoms with van der Waals surface area (Å²) in [4.78, 5) is 57.2. The molecule has 2 amide bonds. The number of Topliss-reactive ketones (excluding diaryl/α,β-unsaturated/α-hetero) is 1. The van der Waals surface area contributed by atoms with Gasteiger partial charge in [0.25, 0.3) is 0 Å². The smallest absolute Gasteiger partial charge is 0.362 e. The molecule has 5 rings (SSSR count). The Morgan fingerprint density at radius 3 is 2.31 bits per heavy atom. The van der Waals surface area contributed by atoms with E-state index in [-0.39, 0.29) is 43.4 Å². The minimum Gasteiger partial charge on any atom is -0.497 e. The average Bonchev–Trinajstić information content (AvgIpc) is 3.90. The van der Waals surface area contributed by atoms with Gasteiger partial charge in [-0.2, -0.15) is 8.42 Å². The largest absolute Gasteiger partial charge is 0.497 e. The van der Waals surface area contributed by atoms with E-state index in [1.165, 1.54) is 4.90 Å². The Morgan fingerprint density at radius 2 is 1.73 bits per heavy atom. The van der Waals surface area contributed by atoms with Gasteiger partial charge < -0.3 is 19.1 Å². The molecule has 1 saturated heterocycles. The Kier molecular flexibility index (Phi) is 10.8. The number of ketones is 1. The third kappa shape index (κ3) is 9.07. The highest BCUT2D eigenvalue weighted by Crippen LogP contribution is 2.58. The van der Waals surface area contributed by atoms with Crippen molar-refractivity contribution < 1.29 is 46.0 Å². The van der Waals surface area contributed by atoms with Gasteiger partial charge in [0, 0.05) is 18.2 Å². The minimum atomic E-state index is -4.40.